The normalized spacial score (nSPS) is 19.6. The molecule has 0 aliphatic carbocycles. The smallest absolute Gasteiger partial charge is 0.413 e. The van der Waals surface area contributed by atoms with Crippen molar-refractivity contribution in [1.82, 2.24) is 9.88 Å². The quantitative estimate of drug-likeness (QED) is 0.833. The fraction of sp³-hybridized carbons (Fsp3) is 0.600. The first-order chi connectivity index (χ1) is 9.46. The van der Waals surface area contributed by atoms with Crippen LogP contribution in [0.15, 0.2) is 24.5 Å². The maximum absolute atomic E-state index is 12.2. The molecule has 0 N–H and O–H groups in total. The van der Waals surface area contributed by atoms with Crippen molar-refractivity contribution < 1.29 is 14.3 Å². The Morgan fingerprint density at radius 1 is 1.30 bits per heavy atom. The minimum absolute atomic E-state index is 0.263. The summed E-state index contributed by atoms with van der Waals surface area (Å²) in [7, 11) is 0. The number of likely N-dealkylation sites (tertiary alicyclic amines) is 1. The predicted molar refractivity (Wildman–Crippen MR) is 75.4 cm³/mol. The molecule has 1 aromatic heterocycles. The van der Waals surface area contributed by atoms with Gasteiger partial charge in [0, 0.05) is 25.4 Å². The number of amides is 1. The summed E-state index contributed by atoms with van der Waals surface area (Å²) in [6.07, 6.45) is 5.63. The van der Waals surface area contributed by atoms with Crippen molar-refractivity contribution in [1.29, 1.82) is 0 Å². The van der Waals surface area contributed by atoms with Gasteiger partial charge in [-0.15, -0.1) is 0 Å². The van der Waals surface area contributed by atoms with E-state index < -0.39 is 5.60 Å². The molecular weight excluding hydrogens is 256 g/mol. The number of carbonyl (C=O) groups excluding carboxylic acids is 1. The Bertz CT molecular complexity index is 442. The maximum atomic E-state index is 12.2. The second-order valence-corrected chi connectivity index (χ2v) is 5.92. The largest absolute Gasteiger partial charge is 0.470 e. The van der Waals surface area contributed by atoms with Crippen LogP contribution in [0.5, 0.6) is 5.75 Å². The van der Waals surface area contributed by atoms with Crippen molar-refractivity contribution in [2.24, 2.45) is 0 Å². The molecule has 110 valence electrons. The number of hydrogen-bond donors (Lipinski definition) is 0. The van der Waals surface area contributed by atoms with E-state index in [1.54, 1.807) is 29.4 Å². The highest BCUT2D eigenvalue weighted by molar-refractivity contribution is 5.68. The molecule has 5 nitrogen and oxygen atoms in total. The molecule has 1 saturated heterocycles. The van der Waals surface area contributed by atoms with Gasteiger partial charge in [0.1, 0.15) is 11.4 Å². The van der Waals surface area contributed by atoms with E-state index in [0.717, 1.165) is 25.0 Å². The molecule has 0 bridgehead atoms. The Morgan fingerprint density at radius 3 is 2.65 bits per heavy atom. The Labute approximate surface area is 119 Å². The number of pyridine rings is 1. The van der Waals surface area contributed by atoms with E-state index in [0.29, 0.717) is 6.54 Å². The van der Waals surface area contributed by atoms with Gasteiger partial charge in [0.05, 0.1) is 0 Å². The van der Waals surface area contributed by atoms with Crippen molar-refractivity contribution in [2.75, 3.05) is 6.54 Å². The first-order valence-corrected chi connectivity index (χ1v) is 7.02. The summed E-state index contributed by atoms with van der Waals surface area (Å²) < 4.78 is 11.3. The number of aromatic nitrogens is 1. The lowest BCUT2D eigenvalue weighted by Gasteiger charge is -2.36. The number of nitrogens with zero attached hydrogens (tertiary/aromatic N) is 2. The third kappa shape index (κ3) is 4.11. The van der Waals surface area contributed by atoms with Crippen molar-refractivity contribution in [3.05, 3.63) is 24.5 Å². The van der Waals surface area contributed by atoms with Crippen LogP contribution in [0.4, 0.5) is 4.79 Å². The number of rotatable bonds is 2. The Kier molecular flexibility index (Phi) is 4.47. The van der Waals surface area contributed by atoms with Gasteiger partial charge in [-0.05, 0) is 45.7 Å². The van der Waals surface area contributed by atoms with Gasteiger partial charge in [0.25, 0.3) is 0 Å². The van der Waals surface area contributed by atoms with Crippen LogP contribution in [0.25, 0.3) is 0 Å². The molecule has 1 aliphatic rings. The maximum Gasteiger partial charge on any atom is 0.413 e. The Morgan fingerprint density at radius 2 is 2.00 bits per heavy atom. The highest BCUT2D eigenvalue weighted by Crippen LogP contribution is 2.23. The highest BCUT2D eigenvalue weighted by Gasteiger charge is 2.31. The van der Waals surface area contributed by atoms with Crippen LogP contribution in [0, 0.1) is 0 Å². The van der Waals surface area contributed by atoms with Crippen LogP contribution >= 0.6 is 0 Å². The first kappa shape index (κ1) is 14.6. The Hall–Kier alpha value is -1.78. The molecule has 1 unspecified atom stereocenters. The van der Waals surface area contributed by atoms with E-state index >= 15 is 0 Å². The highest BCUT2D eigenvalue weighted by atomic mass is 16.6. The van der Waals surface area contributed by atoms with E-state index in [4.69, 9.17) is 9.47 Å². The molecule has 0 radical (unpaired) electrons. The van der Waals surface area contributed by atoms with E-state index in [-0.39, 0.29) is 12.3 Å². The molecule has 1 aliphatic heterocycles. The molecule has 0 spiro atoms. The third-order valence-corrected chi connectivity index (χ3v) is 3.00. The number of piperidine rings is 1. The zero-order valence-corrected chi connectivity index (χ0v) is 12.3. The van der Waals surface area contributed by atoms with Crippen LogP contribution in [-0.2, 0) is 4.74 Å². The summed E-state index contributed by atoms with van der Waals surface area (Å²) in [6.45, 7) is 6.28. The second-order valence-electron chi connectivity index (χ2n) is 5.92. The fourth-order valence-electron chi connectivity index (χ4n) is 2.13. The molecule has 2 heterocycles. The summed E-state index contributed by atoms with van der Waals surface area (Å²) in [5.74, 6) is 0.723. The molecule has 0 aromatic carbocycles. The lowest BCUT2D eigenvalue weighted by molar-refractivity contribution is -0.0342. The predicted octanol–water partition coefficient (Wildman–Crippen LogP) is 3.21. The van der Waals surface area contributed by atoms with Crippen molar-refractivity contribution in [3.8, 4) is 5.75 Å². The van der Waals surface area contributed by atoms with Gasteiger partial charge in [0.2, 0.25) is 0 Å². The van der Waals surface area contributed by atoms with E-state index in [1.165, 1.54) is 0 Å². The van der Waals surface area contributed by atoms with Crippen LogP contribution < -0.4 is 4.74 Å². The number of hydrogen-bond acceptors (Lipinski definition) is 4. The van der Waals surface area contributed by atoms with Gasteiger partial charge in [-0.3, -0.25) is 9.88 Å². The average molecular weight is 278 g/mol. The van der Waals surface area contributed by atoms with Crippen LogP contribution in [0.3, 0.4) is 0 Å². The molecule has 20 heavy (non-hydrogen) atoms. The van der Waals surface area contributed by atoms with Gasteiger partial charge in [-0.2, -0.15) is 0 Å². The average Bonchev–Trinajstić information content (AvgIpc) is 2.38. The molecular formula is C15H22N2O3. The van der Waals surface area contributed by atoms with Crippen LogP contribution in [0.1, 0.15) is 40.0 Å². The van der Waals surface area contributed by atoms with E-state index in [2.05, 4.69) is 4.98 Å². The molecule has 1 aromatic rings. The SMILES string of the molecule is CC(C)(C)OC(=O)N1CCCCC1Oc1ccncc1. The lowest BCUT2D eigenvalue weighted by Crippen LogP contribution is -2.48. The lowest BCUT2D eigenvalue weighted by atomic mass is 10.1. The summed E-state index contributed by atoms with van der Waals surface area (Å²) in [5, 5.41) is 0. The van der Waals surface area contributed by atoms with Crippen molar-refractivity contribution in [3.63, 3.8) is 0 Å². The van der Waals surface area contributed by atoms with Gasteiger partial charge in [-0.1, -0.05) is 0 Å². The molecule has 5 heteroatoms. The fourth-order valence-corrected chi connectivity index (χ4v) is 2.13. The summed E-state index contributed by atoms with van der Waals surface area (Å²) >= 11 is 0. The topological polar surface area (TPSA) is 51.7 Å². The molecule has 1 fully saturated rings. The summed E-state index contributed by atoms with van der Waals surface area (Å²) in [4.78, 5) is 17.9. The monoisotopic (exact) mass is 278 g/mol. The molecule has 1 atom stereocenters. The minimum Gasteiger partial charge on any atom is -0.470 e. The molecule has 0 saturated carbocycles. The summed E-state index contributed by atoms with van der Waals surface area (Å²) in [5.41, 5.74) is -0.490. The van der Waals surface area contributed by atoms with E-state index in [1.807, 2.05) is 20.8 Å². The van der Waals surface area contributed by atoms with Gasteiger partial charge < -0.3 is 9.47 Å². The molecule has 1 amide bonds. The van der Waals surface area contributed by atoms with E-state index in [9.17, 15) is 4.79 Å². The standard InChI is InChI=1S/C15H22N2O3/c1-15(2,3)20-14(18)17-11-5-4-6-13(17)19-12-7-9-16-10-8-12/h7-10,13H,4-6,11H2,1-3H3. The number of carbonyl (C=O) groups is 1. The van der Waals surface area contributed by atoms with Crippen LogP contribution in [-0.4, -0.2) is 34.4 Å². The van der Waals surface area contributed by atoms with Crippen LogP contribution in [0.2, 0.25) is 0 Å². The van der Waals surface area contributed by atoms with Crippen molar-refractivity contribution >= 4 is 6.09 Å². The summed E-state index contributed by atoms with van der Waals surface area (Å²) in [6, 6.07) is 3.59. The zero-order chi connectivity index (χ0) is 14.6. The Balaban J connectivity index is 2.03. The number of ether oxygens (including phenoxy) is 2. The van der Waals surface area contributed by atoms with Gasteiger partial charge in [0.15, 0.2) is 6.23 Å². The second kappa shape index (κ2) is 6.11. The van der Waals surface area contributed by atoms with Gasteiger partial charge >= 0.3 is 6.09 Å². The van der Waals surface area contributed by atoms with Gasteiger partial charge in [-0.25, -0.2) is 4.79 Å². The molecule has 2 rings (SSSR count). The first-order valence-electron chi connectivity index (χ1n) is 7.02. The minimum atomic E-state index is -0.490. The zero-order valence-electron chi connectivity index (χ0n) is 12.3. The van der Waals surface area contributed by atoms with Crippen molar-refractivity contribution in [2.45, 2.75) is 51.9 Å². The third-order valence-electron chi connectivity index (χ3n) is 3.00.